The van der Waals surface area contributed by atoms with Crippen LogP contribution >= 0.6 is 0 Å². The number of carbonyl (C=O) groups excluding carboxylic acids is 1. The smallest absolute Gasteiger partial charge is 0.303 e. The number of carboxylic acids is 1. The number of nitrogens with one attached hydrogen (secondary N) is 1. The molecule has 94 valence electrons. The molecule has 0 aliphatic rings. The number of hydrogen-bond donors (Lipinski definition) is 2. The topological polar surface area (TPSA) is 84.2 Å². The zero-order valence-electron chi connectivity index (χ0n) is 10.1. The average Bonchev–Trinajstić information content (AvgIpc) is 2.54. The van der Waals surface area contributed by atoms with E-state index in [4.69, 9.17) is 5.11 Å². The molecule has 0 bridgehead atoms. The number of aryl methyl sites for hydroxylation is 2. The van der Waals surface area contributed by atoms with Crippen molar-refractivity contribution in [2.75, 3.05) is 0 Å². The van der Waals surface area contributed by atoms with Gasteiger partial charge in [-0.2, -0.15) is 5.10 Å². The minimum atomic E-state index is -0.874. The molecule has 0 fully saturated rings. The van der Waals surface area contributed by atoms with Crippen LogP contribution in [0, 0.1) is 6.92 Å². The van der Waals surface area contributed by atoms with Gasteiger partial charge in [0, 0.05) is 38.2 Å². The summed E-state index contributed by atoms with van der Waals surface area (Å²) in [6.07, 6.45) is 2.49. The van der Waals surface area contributed by atoms with Crippen LogP contribution in [-0.2, 0) is 23.2 Å². The Bertz CT molecular complexity index is 412. The predicted octanol–water partition coefficient (Wildman–Crippen LogP) is 0.600. The van der Waals surface area contributed by atoms with Gasteiger partial charge in [-0.05, 0) is 13.3 Å². The molecule has 0 aliphatic carbocycles. The van der Waals surface area contributed by atoms with E-state index in [9.17, 15) is 9.59 Å². The highest BCUT2D eigenvalue weighted by Gasteiger charge is 2.06. The number of rotatable bonds is 6. The van der Waals surface area contributed by atoms with Crippen molar-refractivity contribution in [1.29, 1.82) is 0 Å². The summed E-state index contributed by atoms with van der Waals surface area (Å²) >= 11 is 0. The van der Waals surface area contributed by atoms with Crippen molar-refractivity contribution in [3.63, 3.8) is 0 Å². The van der Waals surface area contributed by atoms with Crippen molar-refractivity contribution >= 4 is 11.9 Å². The summed E-state index contributed by atoms with van der Waals surface area (Å²) in [4.78, 5) is 21.6. The number of carboxylic acid groups (broad SMARTS) is 1. The molecule has 0 saturated carbocycles. The van der Waals surface area contributed by atoms with Gasteiger partial charge < -0.3 is 10.4 Å². The maximum absolute atomic E-state index is 11.4. The Morgan fingerprint density at radius 1 is 1.47 bits per heavy atom. The molecule has 1 amide bonds. The van der Waals surface area contributed by atoms with Crippen molar-refractivity contribution < 1.29 is 14.7 Å². The van der Waals surface area contributed by atoms with E-state index < -0.39 is 5.97 Å². The van der Waals surface area contributed by atoms with Crippen LogP contribution < -0.4 is 5.32 Å². The van der Waals surface area contributed by atoms with Crippen molar-refractivity contribution in [2.45, 2.75) is 32.7 Å². The normalized spacial score (nSPS) is 10.2. The lowest BCUT2D eigenvalue weighted by Crippen LogP contribution is -2.22. The third-order valence-electron chi connectivity index (χ3n) is 2.39. The van der Waals surface area contributed by atoms with Crippen molar-refractivity contribution in [3.05, 3.63) is 17.5 Å². The Morgan fingerprint density at radius 3 is 2.71 bits per heavy atom. The summed E-state index contributed by atoms with van der Waals surface area (Å²) in [5.41, 5.74) is 1.86. The number of amides is 1. The monoisotopic (exact) mass is 239 g/mol. The van der Waals surface area contributed by atoms with Gasteiger partial charge in [0.05, 0.1) is 5.69 Å². The Morgan fingerprint density at radius 2 is 2.18 bits per heavy atom. The Hall–Kier alpha value is -1.85. The van der Waals surface area contributed by atoms with Gasteiger partial charge in [0.25, 0.3) is 0 Å². The summed E-state index contributed by atoms with van der Waals surface area (Å²) in [6.45, 7) is 2.32. The maximum Gasteiger partial charge on any atom is 0.303 e. The molecule has 6 heteroatoms. The first-order chi connectivity index (χ1) is 7.99. The van der Waals surface area contributed by atoms with Crippen LogP contribution in [-0.4, -0.2) is 26.8 Å². The number of hydrogen-bond acceptors (Lipinski definition) is 3. The highest BCUT2D eigenvalue weighted by Crippen LogP contribution is 2.04. The van der Waals surface area contributed by atoms with Gasteiger partial charge in [0.15, 0.2) is 0 Å². The van der Waals surface area contributed by atoms with Crippen LogP contribution in [0.2, 0.25) is 0 Å². The number of aliphatic carboxylic acids is 1. The van der Waals surface area contributed by atoms with Crippen LogP contribution in [0.15, 0.2) is 6.20 Å². The van der Waals surface area contributed by atoms with Gasteiger partial charge in [0.2, 0.25) is 5.91 Å². The third kappa shape index (κ3) is 4.67. The fraction of sp³-hybridized carbons (Fsp3) is 0.545. The Balaban J connectivity index is 2.28. The molecule has 2 N–H and O–H groups in total. The lowest BCUT2D eigenvalue weighted by Gasteiger charge is -2.03. The van der Waals surface area contributed by atoms with Crippen LogP contribution in [0.3, 0.4) is 0 Å². The van der Waals surface area contributed by atoms with E-state index in [1.807, 2.05) is 20.2 Å². The minimum absolute atomic E-state index is 0.0271. The molecule has 1 heterocycles. The van der Waals surface area contributed by atoms with Gasteiger partial charge in [0.1, 0.15) is 0 Å². The molecule has 0 aromatic carbocycles. The lowest BCUT2D eigenvalue weighted by atomic mass is 10.2. The van der Waals surface area contributed by atoms with Gasteiger partial charge in [-0.25, -0.2) is 0 Å². The molecule has 0 aliphatic heterocycles. The fourth-order valence-electron chi connectivity index (χ4n) is 1.50. The molecule has 1 aromatic rings. The van der Waals surface area contributed by atoms with Crippen LogP contribution in [0.4, 0.5) is 0 Å². The van der Waals surface area contributed by atoms with Crippen LogP contribution in [0.5, 0.6) is 0 Å². The first kappa shape index (κ1) is 13.2. The average molecular weight is 239 g/mol. The molecule has 6 nitrogen and oxygen atoms in total. The molecular weight excluding hydrogens is 222 g/mol. The molecule has 0 atom stereocenters. The molecule has 0 unspecified atom stereocenters. The van der Waals surface area contributed by atoms with Gasteiger partial charge in [-0.3, -0.25) is 14.3 Å². The quantitative estimate of drug-likeness (QED) is 0.761. The van der Waals surface area contributed by atoms with Gasteiger partial charge in [-0.1, -0.05) is 0 Å². The van der Waals surface area contributed by atoms with Crippen LogP contribution in [0.25, 0.3) is 0 Å². The first-order valence-electron chi connectivity index (χ1n) is 5.46. The number of carbonyl (C=O) groups is 2. The molecule has 17 heavy (non-hydrogen) atoms. The van der Waals surface area contributed by atoms with Crippen molar-refractivity contribution in [1.82, 2.24) is 15.1 Å². The molecule has 0 spiro atoms. The molecule has 1 rings (SSSR count). The summed E-state index contributed by atoms with van der Waals surface area (Å²) in [6, 6.07) is 0. The summed E-state index contributed by atoms with van der Waals surface area (Å²) in [5.74, 6) is -1.00. The molecule has 1 aromatic heterocycles. The van der Waals surface area contributed by atoms with E-state index in [2.05, 4.69) is 10.4 Å². The second kappa shape index (κ2) is 6.03. The molecule has 0 saturated heterocycles. The Kier molecular flexibility index (Phi) is 4.68. The first-order valence-corrected chi connectivity index (χ1v) is 5.46. The lowest BCUT2D eigenvalue weighted by molar-refractivity contribution is -0.137. The Labute approximate surface area is 99.6 Å². The van der Waals surface area contributed by atoms with Crippen molar-refractivity contribution in [2.24, 2.45) is 7.05 Å². The zero-order valence-corrected chi connectivity index (χ0v) is 10.1. The minimum Gasteiger partial charge on any atom is -0.481 e. The number of aromatic nitrogens is 2. The summed E-state index contributed by atoms with van der Waals surface area (Å²) < 4.78 is 1.70. The van der Waals surface area contributed by atoms with Crippen LogP contribution in [0.1, 0.15) is 30.5 Å². The standard InChI is InChI=1S/C11H17N3O3/c1-8-9(7-14(2)13-8)6-12-10(15)4-3-5-11(16)17/h7H,3-6H2,1-2H3,(H,12,15)(H,16,17). The molecule has 0 radical (unpaired) electrons. The second-order valence-corrected chi connectivity index (χ2v) is 3.94. The fourth-order valence-corrected chi connectivity index (χ4v) is 1.50. The van der Waals surface area contributed by atoms with E-state index >= 15 is 0 Å². The van der Waals surface area contributed by atoms with Crippen molar-refractivity contribution in [3.8, 4) is 0 Å². The maximum atomic E-state index is 11.4. The number of nitrogens with zero attached hydrogens (tertiary/aromatic N) is 2. The predicted molar refractivity (Wildman–Crippen MR) is 61.3 cm³/mol. The SMILES string of the molecule is Cc1nn(C)cc1CNC(=O)CCCC(=O)O. The van der Waals surface area contributed by atoms with E-state index in [0.717, 1.165) is 11.3 Å². The second-order valence-electron chi connectivity index (χ2n) is 3.94. The van der Waals surface area contributed by atoms with Gasteiger partial charge in [-0.15, -0.1) is 0 Å². The van der Waals surface area contributed by atoms with E-state index in [0.29, 0.717) is 13.0 Å². The molecular formula is C11H17N3O3. The third-order valence-corrected chi connectivity index (χ3v) is 2.39. The summed E-state index contributed by atoms with van der Waals surface area (Å²) in [5, 5.41) is 15.3. The zero-order chi connectivity index (χ0) is 12.8. The van der Waals surface area contributed by atoms with E-state index in [-0.39, 0.29) is 18.7 Å². The summed E-state index contributed by atoms with van der Waals surface area (Å²) in [7, 11) is 1.82. The highest BCUT2D eigenvalue weighted by molar-refractivity contribution is 5.76. The highest BCUT2D eigenvalue weighted by atomic mass is 16.4. The van der Waals surface area contributed by atoms with Gasteiger partial charge >= 0.3 is 5.97 Å². The van der Waals surface area contributed by atoms with E-state index in [1.54, 1.807) is 4.68 Å². The largest absolute Gasteiger partial charge is 0.481 e. The van der Waals surface area contributed by atoms with E-state index in [1.165, 1.54) is 0 Å².